The van der Waals surface area contributed by atoms with E-state index in [1.165, 1.54) is 18.2 Å². The highest BCUT2D eigenvalue weighted by Crippen LogP contribution is 2.35. The van der Waals surface area contributed by atoms with Crippen molar-refractivity contribution in [1.29, 1.82) is 0 Å². The minimum Gasteiger partial charge on any atom is -0.279 e. The van der Waals surface area contributed by atoms with Crippen LogP contribution in [0.5, 0.6) is 0 Å². The third kappa shape index (κ3) is 3.41. The molecule has 1 aromatic heterocycles. The van der Waals surface area contributed by atoms with Crippen LogP contribution >= 0.6 is 50.5 Å². The highest BCUT2D eigenvalue weighted by Gasteiger charge is 2.19. The Bertz CT molecular complexity index is 714. The molecule has 0 aliphatic heterocycles. The normalized spacial score (nSPS) is 11.6. The summed E-state index contributed by atoms with van der Waals surface area (Å²) in [4.78, 5) is 0. The topological polar surface area (TPSA) is 46.2 Å². The zero-order chi connectivity index (χ0) is 14.2. The molecule has 0 fully saturated rings. The van der Waals surface area contributed by atoms with Gasteiger partial charge in [0.05, 0.1) is 19.5 Å². The summed E-state index contributed by atoms with van der Waals surface area (Å²) < 4.78 is 39.9. The fourth-order valence-corrected chi connectivity index (χ4v) is 4.85. The lowest BCUT2D eigenvalue weighted by molar-refractivity contribution is 0.603. The van der Waals surface area contributed by atoms with E-state index in [0.29, 0.717) is 8.81 Å². The third-order valence-corrected chi connectivity index (χ3v) is 6.68. The third-order valence-electron chi connectivity index (χ3n) is 2.06. The minimum absolute atomic E-state index is 0.0461. The van der Waals surface area contributed by atoms with Gasteiger partial charge in [0.2, 0.25) is 0 Å². The van der Waals surface area contributed by atoms with Crippen molar-refractivity contribution in [2.45, 2.75) is 4.21 Å². The molecule has 0 saturated carbocycles. The fourth-order valence-electron chi connectivity index (χ4n) is 1.22. The molecule has 0 saturated heterocycles. The molecule has 0 amide bonds. The number of nitrogens with one attached hydrogen (secondary N) is 1. The molecule has 0 radical (unpaired) electrons. The second-order valence-corrected chi connectivity index (χ2v) is 8.52. The summed E-state index contributed by atoms with van der Waals surface area (Å²) in [5.74, 6) is -0.619. The van der Waals surface area contributed by atoms with Crippen LogP contribution in [0.25, 0.3) is 0 Å². The fraction of sp³-hybridized carbons (Fsp3) is 0. The van der Waals surface area contributed by atoms with Crippen LogP contribution in [-0.4, -0.2) is 8.42 Å². The summed E-state index contributed by atoms with van der Waals surface area (Å²) in [7, 11) is -3.77. The number of hydrogen-bond acceptors (Lipinski definition) is 3. The van der Waals surface area contributed by atoms with Crippen molar-refractivity contribution < 1.29 is 12.8 Å². The van der Waals surface area contributed by atoms with Gasteiger partial charge in [-0.15, -0.1) is 11.3 Å². The first kappa shape index (κ1) is 15.1. The van der Waals surface area contributed by atoms with Gasteiger partial charge in [-0.1, -0.05) is 23.2 Å². The minimum atomic E-state index is -3.77. The number of thiophene rings is 1. The number of sulfonamides is 1. The van der Waals surface area contributed by atoms with E-state index in [4.69, 9.17) is 23.2 Å². The van der Waals surface area contributed by atoms with E-state index in [2.05, 4.69) is 20.7 Å². The quantitative estimate of drug-likeness (QED) is 0.801. The van der Waals surface area contributed by atoms with E-state index in [0.717, 1.165) is 17.4 Å². The number of benzene rings is 1. The largest absolute Gasteiger partial charge is 0.279 e. The van der Waals surface area contributed by atoms with Gasteiger partial charge in [0.15, 0.2) is 0 Å². The van der Waals surface area contributed by atoms with Crippen LogP contribution in [-0.2, 0) is 10.0 Å². The Balaban J connectivity index is 2.33. The van der Waals surface area contributed by atoms with Crippen LogP contribution in [0.3, 0.4) is 0 Å². The molecule has 2 rings (SSSR count). The van der Waals surface area contributed by atoms with Gasteiger partial charge in [-0.05, 0) is 40.2 Å². The second-order valence-electron chi connectivity index (χ2n) is 3.42. The van der Waals surface area contributed by atoms with Gasteiger partial charge >= 0.3 is 0 Å². The summed E-state index contributed by atoms with van der Waals surface area (Å²) in [6, 6.07) is 4.88. The maximum absolute atomic E-state index is 13.0. The monoisotopic (exact) mass is 403 g/mol. The van der Waals surface area contributed by atoms with Crippen molar-refractivity contribution in [2.75, 3.05) is 4.72 Å². The standard InChI is InChI=1S/C10H5BrCl2FNO2S2/c11-10-7(13)4-9(18-10)19(16,17)15-5-1-2-8(14)6(12)3-5/h1-4,15H. The van der Waals surface area contributed by atoms with Crippen LogP contribution < -0.4 is 4.72 Å². The first-order valence-electron chi connectivity index (χ1n) is 4.72. The first-order valence-corrected chi connectivity index (χ1v) is 8.57. The van der Waals surface area contributed by atoms with Crippen LogP contribution in [0, 0.1) is 5.82 Å². The molecule has 1 heterocycles. The molecule has 0 aliphatic rings. The van der Waals surface area contributed by atoms with E-state index in [-0.39, 0.29) is 14.9 Å². The predicted octanol–water partition coefficient (Wildman–Crippen LogP) is 4.76. The number of rotatable bonds is 3. The van der Waals surface area contributed by atoms with Gasteiger partial charge in [0, 0.05) is 0 Å². The summed E-state index contributed by atoms with van der Waals surface area (Å²) >= 11 is 15.5. The molecule has 2 aromatic rings. The van der Waals surface area contributed by atoms with Gasteiger partial charge in [-0.3, -0.25) is 4.72 Å². The number of anilines is 1. The zero-order valence-electron chi connectivity index (χ0n) is 8.95. The Kier molecular flexibility index (Phi) is 4.42. The van der Waals surface area contributed by atoms with E-state index in [1.54, 1.807) is 0 Å². The van der Waals surface area contributed by atoms with E-state index < -0.39 is 15.8 Å². The Labute approximate surface area is 131 Å². The van der Waals surface area contributed by atoms with Crippen LogP contribution in [0.2, 0.25) is 10.0 Å². The number of hydrogen-bond donors (Lipinski definition) is 1. The van der Waals surface area contributed by atoms with Crippen LogP contribution in [0.1, 0.15) is 0 Å². The molecule has 19 heavy (non-hydrogen) atoms. The van der Waals surface area contributed by atoms with Crippen molar-refractivity contribution >= 4 is 66.2 Å². The van der Waals surface area contributed by atoms with Crippen molar-refractivity contribution in [3.05, 3.63) is 43.9 Å². The molecule has 0 aliphatic carbocycles. The highest BCUT2D eigenvalue weighted by molar-refractivity contribution is 9.11. The van der Waals surface area contributed by atoms with Gasteiger partial charge in [0.25, 0.3) is 10.0 Å². The molecule has 102 valence electrons. The van der Waals surface area contributed by atoms with E-state index in [9.17, 15) is 12.8 Å². The Hall–Kier alpha value is -0.340. The summed E-state index contributed by atoms with van der Waals surface area (Å²) in [6.07, 6.45) is 0. The molecular weight excluding hydrogens is 400 g/mol. The van der Waals surface area contributed by atoms with Crippen molar-refractivity contribution in [3.63, 3.8) is 0 Å². The SMILES string of the molecule is O=S(=O)(Nc1ccc(F)c(Cl)c1)c1cc(Cl)c(Br)s1. The van der Waals surface area contributed by atoms with Crippen molar-refractivity contribution in [2.24, 2.45) is 0 Å². The lowest BCUT2D eigenvalue weighted by Gasteiger charge is -2.06. The molecule has 0 unspecified atom stereocenters. The second kappa shape index (κ2) is 5.57. The van der Waals surface area contributed by atoms with Gasteiger partial charge in [0.1, 0.15) is 10.0 Å². The van der Waals surface area contributed by atoms with Crippen LogP contribution in [0.15, 0.2) is 32.3 Å². The first-order chi connectivity index (χ1) is 8.79. The van der Waals surface area contributed by atoms with E-state index >= 15 is 0 Å². The van der Waals surface area contributed by atoms with Gasteiger partial charge in [-0.25, -0.2) is 12.8 Å². The van der Waals surface area contributed by atoms with E-state index in [1.807, 2.05) is 0 Å². The average Bonchev–Trinajstić information content (AvgIpc) is 2.65. The molecule has 3 nitrogen and oxygen atoms in total. The Morgan fingerprint density at radius 1 is 1.21 bits per heavy atom. The lowest BCUT2D eigenvalue weighted by atomic mass is 10.3. The summed E-state index contributed by atoms with van der Waals surface area (Å²) in [5, 5.41) is 0.146. The molecular formula is C10H5BrCl2FNO2S2. The summed E-state index contributed by atoms with van der Waals surface area (Å²) in [5.41, 5.74) is 0.173. The smallest absolute Gasteiger partial charge is 0.271 e. The molecule has 1 N–H and O–H groups in total. The van der Waals surface area contributed by atoms with Gasteiger partial charge in [-0.2, -0.15) is 0 Å². The Morgan fingerprint density at radius 2 is 1.89 bits per heavy atom. The zero-order valence-corrected chi connectivity index (χ0v) is 13.7. The van der Waals surface area contributed by atoms with Crippen LogP contribution in [0.4, 0.5) is 10.1 Å². The predicted molar refractivity (Wildman–Crippen MR) is 79.2 cm³/mol. The maximum atomic E-state index is 13.0. The molecule has 9 heteroatoms. The summed E-state index contributed by atoms with van der Waals surface area (Å²) in [6.45, 7) is 0. The molecule has 0 bridgehead atoms. The van der Waals surface area contributed by atoms with Crippen molar-refractivity contribution in [1.82, 2.24) is 0 Å². The molecule has 0 atom stereocenters. The van der Waals surface area contributed by atoms with Crippen molar-refractivity contribution in [3.8, 4) is 0 Å². The van der Waals surface area contributed by atoms with Gasteiger partial charge < -0.3 is 0 Å². The lowest BCUT2D eigenvalue weighted by Crippen LogP contribution is -2.11. The molecule has 0 spiro atoms. The highest BCUT2D eigenvalue weighted by atomic mass is 79.9. The average molecular weight is 405 g/mol. The maximum Gasteiger partial charge on any atom is 0.271 e. The Morgan fingerprint density at radius 3 is 2.42 bits per heavy atom. The molecule has 1 aromatic carbocycles. The number of halogens is 4.